The molecule has 0 aliphatic carbocycles. The summed E-state index contributed by atoms with van der Waals surface area (Å²) < 4.78 is 6.02. The Kier molecular flexibility index (Phi) is 3.65. The van der Waals surface area contributed by atoms with Crippen LogP contribution in [-0.2, 0) is 0 Å². The summed E-state index contributed by atoms with van der Waals surface area (Å²) in [6, 6.07) is 6.17. The number of hydrogen-bond acceptors (Lipinski definition) is 6. The topological polar surface area (TPSA) is 114 Å². The Balaban J connectivity index is 2.60. The number of aromatic nitrogens is 2. The zero-order valence-corrected chi connectivity index (χ0v) is 10.5. The van der Waals surface area contributed by atoms with Crippen molar-refractivity contribution in [3.05, 3.63) is 50.0 Å². The second kappa shape index (κ2) is 5.39. The number of hydrogen-bond donors (Lipinski definition) is 2. The van der Waals surface area contributed by atoms with Gasteiger partial charge in [0.05, 0.1) is 12.3 Å². The zero-order valence-electron chi connectivity index (χ0n) is 10.5. The second-order valence-corrected chi connectivity index (χ2v) is 3.79. The first-order chi connectivity index (χ1) is 9.58. The highest BCUT2D eigenvalue weighted by molar-refractivity contribution is 5.49. The van der Waals surface area contributed by atoms with E-state index in [1.807, 2.05) is 11.9 Å². The molecular weight excluding hydrogens is 266 g/mol. The molecule has 2 aromatic rings. The fourth-order valence-corrected chi connectivity index (χ4v) is 1.70. The molecule has 1 aromatic carbocycles. The van der Waals surface area contributed by atoms with Gasteiger partial charge in [0, 0.05) is 0 Å². The first kappa shape index (κ1) is 13.5. The summed E-state index contributed by atoms with van der Waals surface area (Å²) in [6.07, 6.45) is 0. The Morgan fingerprint density at radius 3 is 2.50 bits per heavy atom. The molecule has 8 heteroatoms. The van der Waals surface area contributed by atoms with Crippen LogP contribution < -0.4 is 16.0 Å². The van der Waals surface area contributed by atoms with Gasteiger partial charge in [0.15, 0.2) is 0 Å². The molecule has 0 unspecified atom stereocenters. The van der Waals surface area contributed by atoms with Crippen LogP contribution in [0.5, 0.6) is 11.6 Å². The van der Waals surface area contributed by atoms with E-state index in [1.54, 1.807) is 12.1 Å². The molecule has 0 saturated carbocycles. The number of nitroso groups, excluding NO2 is 1. The zero-order chi connectivity index (χ0) is 14.7. The molecular formula is C12H11N3O5. The van der Waals surface area contributed by atoms with Gasteiger partial charge in [0.2, 0.25) is 11.6 Å². The maximum atomic E-state index is 11.7. The molecule has 2 rings (SSSR count). The van der Waals surface area contributed by atoms with Gasteiger partial charge in [0.25, 0.3) is 5.56 Å². The Labute approximate surface area is 112 Å². The maximum Gasteiger partial charge on any atom is 0.335 e. The summed E-state index contributed by atoms with van der Waals surface area (Å²) in [7, 11) is 0. The largest absolute Gasteiger partial charge is 0.494 e. The predicted octanol–water partition coefficient (Wildman–Crippen LogP) is 1.03. The van der Waals surface area contributed by atoms with Gasteiger partial charge in [0.1, 0.15) is 5.75 Å². The lowest BCUT2D eigenvalue weighted by molar-refractivity contribution is 0.340. The number of aromatic hydroxyl groups is 1. The van der Waals surface area contributed by atoms with Crippen molar-refractivity contribution < 1.29 is 9.84 Å². The minimum absolute atomic E-state index is 0.261. The second-order valence-electron chi connectivity index (χ2n) is 3.79. The van der Waals surface area contributed by atoms with E-state index >= 15 is 0 Å². The van der Waals surface area contributed by atoms with Gasteiger partial charge in [-0.15, -0.1) is 4.91 Å². The molecule has 0 aliphatic heterocycles. The molecule has 104 valence electrons. The Bertz CT molecular complexity index is 745. The monoisotopic (exact) mass is 277 g/mol. The predicted molar refractivity (Wildman–Crippen MR) is 70.9 cm³/mol. The summed E-state index contributed by atoms with van der Waals surface area (Å²) in [6.45, 7) is 2.32. The Morgan fingerprint density at radius 2 is 1.95 bits per heavy atom. The van der Waals surface area contributed by atoms with Crippen LogP contribution in [0.2, 0.25) is 0 Å². The summed E-state index contributed by atoms with van der Waals surface area (Å²) in [5.41, 5.74) is -2.40. The average Bonchev–Trinajstić information content (AvgIpc) is 2.41. The summed E-state index contributed by atoms with van der Waals surface area (Å²) >= 11 is 0. The molecule has 8 nitrogen and oxygen atoms in total. The van der Waals surface area contributed by atoms with Gasteiger partial charge in [-0.1, -0.05) is 0 Å². The normalized spacial score (nSPS) is 10.2. The molecule has 0 saturated heterocycles. The minimum atomic E-state index is -1.04. The smallest absolute Gasteiger partial charge is 0.335 e. The number of nitrogens with one attached hydrogen (secondary N) is 1. The van der Waals surface area contributed by atoms with Crippen LogP contribution in [0.25, 0.3) is 5.69 Å². The average molecular weight is 277 g/mol. The highest BCUT2D eigenvalue weighted by Gasteiger charge is 2.16. The van der Waals surface area contributed by atoms with Gasteiger partial charge >= 0.3 is 5.69 Å². The first-order valence-corrected chi connectivity index (χ1v) is 5.73. The molecule has 0 fully saturated rings. The maximum absolute atomic E-state index is 11.7. The Hall–Kier alpha value is -2.90. The molecule has 1 heterocycles. The van der Waals surface area contributed by atoms with Crippen molar-refractivity contribution in [1.82, 2.24) is 9.55 Å². The fourth-order valence-electron chi connectivity index (χ4n) is 1.70. The van der Waals surface area contributed by atoms with Crippen LogP contribution in [0.4, 0.5) is 5.69 Å². The minimum Gasteiger partial charge on any atom is -0.494 e. The van der Waals surface area contributed by atoms with E-state index in [-0.39, 0.29) is 5.69 Å². The summed E-state index contributed by atoms with van der Waals surface area (Å²) in [4.78, 5) is 35.4. The number of rotatable bonds is 4. The quantitative estimate of drug-likeness (QED) is 0.810. The van der Waals surface area contributed by atoms with Crippen LogP contribution in [-0.4, -0.2) is 21.3 Å². The lowest BCUT2D eigenvalue weighted by Crippen LogP contribution is -2.28. The first-order valence-electron chi connectivity index (χ1n) is 5.73. The van der Waals surface area contributed by atoms with Crippen LogP contribution in [0.3, 0.4) is 0 Å². The molecule has 0 atom stereocenters. The van der Waals surface area contributed by atoms with E-state index in [0.717, 1.165) is 4.57 Å². The molecule has 1 aromatic heterocycles. The van der Waals surface area contributed by atoms with Crippen molar-refractivity contribution in [3.8, 4) is 17.3 Å². The molecule has 2 N–H and O–H groups in total. The number of H-pyrrole nitrogens is 1. The molecule has 20 heavy (non-hydrogen) atoms. The standard InChI is InChI=1S/C12H11N3O5/c1-2-20-8-5-3-7(4-6-8)15-11(17)9(14-19)10(16)13-12(15)18/h3-6,17H,2H2,1H3,(H,13,16,18). The molecule has 0 bridgehead atoms. The third-order valence-electron chi connectivity index (χ3n) is 2.56. The van der Waals surface area contributed by atoms with Crippen LogP contribution in [0.15, 0.2) is 39.0 Å². The van der Waals surface area contributed by atoms with Crippen molar-refractivity contribution in [2.45, 2.75) is 6.92 Å². The summed E-state index contributed by atoms with van der Waals surface area (Å²) in [5.74, 6) is -0.222. The van der Waals surface area contributed by atoms with Gasteiger partial charge in [-0.2, -0.15) is 0 Å². The van der Waals surface area contributed by atoms with E-state index in [9.17, 15) is 19.6 Å². The molecule has 0 aliphatic rings. The van der Waals surface area contributed by atoms with E-state index in [0.29, 0.717) is 12.4 Å². The molecule has 0 radical (unpaired) electrons. The van der Waals surface area contributed by atoms with E-state index < -0.39 is 22.8 Å². The van der Waals surface area contributed by atoms with Crippen molar-refractivity contribution in [1.29, 1.82) is 0 Å². The Morgan fingerprint density at radius 1 is 1.30 bits per heavy atom. The number of aromatic amines is 1. The van der Waals surface area contributed by atoms with Gasteiger partial charge < -0.3 is 9.84 Å². The van der Waals surface area contributed by atoms with E-state index in [2.05, 4.69) is 5.18 Å². The van der Waals surface area contributed by atoms with E-state index in [4.69, 9.17) is 4.74 Å². The van der Waals surface area contributed by atoms with Crippen molar-refractivity contribution in [3.63, 3.8) is 0 Å². The van der Waals surface area contributed by atoms with Crippen LogP contribution in [0.1, 0.15) is 6.92 Å². The van der Waals surface area contributed by atoms with Crippen molar-refractivity contribution >= 4 is 5.69 Å². The summed E-state index contributed by atoms with van der Waals surface area (Å²) in [5, 5.41) is 12.2. The van der Waals surface area contributed by atoms with Crippen molar-refractivity contribution in [2.75, 3.05) is 6.61 Å². The lowest BCUT2D eigenvalue weighted by Gasteiger charge is -2.09. The fraction of sp³-hybridized carbons (Fsp3) is 0.167. The molecule has 0 spiro atoms. The van der Waals surface area contributed by atoms with Crippen LogP contribution in [0, 0.1) is 4.91 Å². The third-order valence-corrected chi connectivity index (χ3v) is 2.56. The van der Waals surface area contributed by atoms with Crippen molar-refractivity contribution in [2.24, 2.45) is 5.18 Å². The number of benzene rings is 1. The molecule has 0 amide bonds. The van der Waals surface area contributed by atoms with Gasteiger partial charge in [-0.3, -0.25) is 9.78 Å². The van der Waals surface area contributed by atoms with Gasteiger partial charge in [-0.25, -0.2) is 9.36 Å². The van der Waals surface area contributed by atoms with Crippen LogP contribution >= 0.6 is 0 Å². The SMILES string of the molecule is CCOc1ccc(-n2c(O)c(N=O)c(=O)[nH]c2=O)cc1. The number of nitrogens with zero attached hydrogens (tertiary/aromatic N) is 2. The highest BCUT2D eigenvalue weighted by Crippen LogP contribution is 2.23. The van der Waals surface area contributed by atoms with E-state index in [1.165, 1.54) is 12.1 Å². The highest BCUT2D eigenvalue weighted by atomic mass is 16.5. The van der Waals surface area contributed by atoms with Gasteiger partial charge in [-0.05, 0) is 36.4 Å². The lowest BCUT2D eigenvalue weighted by atomic mass is 10.3. The number of ether oxygens (including phenoxy) is 1. The third kappa shape index (κ3) is 2.30.